The van der Waals surface area contributed by atoms with Crippen molar-refractivity contribution in [3.05, 3.63) is 23.5 Å². The maximum absolute atomic E-state index is 13.2. The van der Waals surface area contributed by atoms with Gasteiger partial charge in [-0.3, -0.25) is 4.21 Å². The van der Waals surface area contributed by atoms with E-state index in [1.807, 2.05) is 0 Å². The van der Waals surface area contributed by atoms with Gasteiger partial charge in [-0.25, -0.2) is 9.18 Å². The predicted octanol–water partition coefficient (Wildman–Crippen LogP) is 0.312. The zero-order valence-electron chi connectivity index (χ0n) is 7.19. The Morgan fingerprint density at radius 1 is 1.60 bits per heavy atom. The fourth-order valence-electron chi connectivity index (χ4n) is 0.934. The Balaban J connectivity index is 3.24. The van der Waals surface area contributed by atoms with E-state index in [4.69, 9.17) is 10.8 Å². The maximum atomic E-state index is 13.2. The van der Waals surface area contributed by atoms with Gasteiger partial charge in [0.25, 0.3) is 0 Å². The van der Waals surface area contributed by atoms with Crippen molar-refractivity contribution in [2.24, 2.45) is 0 Å². The van der Waals surface area contributed by atoms with Gasteiger partial charge in [-0.05, 0) is 12.1 Å². The molecular weight excluding hydrogens is 227 g/mol. The Bertz CT molecular complexity index is 437. The molecule has 0 saturated heterocycles. The Hall–Kier alpha value is -1.67. The third-order valence-electron chi connectivity index (χ3n) is 1.54. The number of hydrogen-bond donors (Lipinski definition) is 3. The summed E-state index contributed by atoms with van der Waals surface area (Å²) in [6, 6.07) is 1.74. The normalized spacial score (nSPS) is 12.1. The summed E-state index contributed by atoms with van der Waals surface area (Å²) in [6.07, 6.45) is 0. The van der Waals surface area contributed by atoms with Crippen LogP contribution in [0.2, 0.25) is 0 Å². The molecule has 8 heteroatoms. The molecule has 0 aromatic heterocycles. The Morgan fingerprint density at radius 3 is 2.67 bits per heavy atom. The highest BCUT2D eigenvalue weighted by Gasteiger charge is 2.12. The largest absolute Gasteiger partial charge is 0.755 e. The van der Waals surface area contributed by atoms with E-state index in [9.17, 15) is 17.9 Å². The van der Waals surface area contributed by atoms with Crippen LogP contribution in [0.3, 0.4) is 0 Å². The summed E-state index contributed by atoms with van der Waals surface area (Å²) in [5.74, 6) is -2.34. The third kappa shape index (κ3) is 2.64. The summed E-state index contributed by atoms with van der Waals surface area (Å²) >= 11 is -2.75. The summed E-state index contributed by atoms with van der Waals surface area (Å²) < 4.78 is 35.4. The highest BCUT2D eigenvalue weighted by molar-refractivity contribution is 7.80. The van der Waals surface area contributed by atoms with E-state index in [2.05, 4.69) is 0 Å². The van der Waals surface area contributed by atoms with Crippen molar-refractivity contribution in [3.8, 4) is 0 Å². The number of carboxylic acid groups (broad SMARTS) is 1. The van der Waals surface area contributed by atoms with Gasteiger partial charge in [-0.2, -0.15) is 0 Å². The van der Waals surface area contributed by atoms with E-state index >= 15 is 0 Å². The predicted molar refractivity (Wildman–Crippen MR) is 50.3 cm³/mol. The SMILES string of the molecule is Nc1cc(C(=O)O)cc(NS(=O)[O-])c1F. The summed E-state index contributed by atoms with van der Waals surface area (Å²) in [5.41, 5.74) is 3.91. The molecule has 0 spiro atoms. The van der Waals surface area contributed by atoms with Crippen LogP contribution in [-0.2, 0) is 11.3 Å². The molecule has 1 aromatic rings. The minimum Gasteiger partial charge on any atom is -0.755 e. The maximum Gasteiger partial charge on any atom is 0.335 e. The summed E-state index contributed by atoms with van der Waals surface area (Å²) in [4.78, 5) is 10.5. The van der Waals surface area contributed by atoms with Gasteiger partial charge < -0.3 is 20.1 Å². The molecule has 0 aliphatic heterocycles. The average Bonchev–Trinajstić information content (AvgIpc) is 2.11. The van der Waals surface area contributed by atoms with Gasteiger partial charge in [-0.1, -0.05) is 0 Å². The number of carbonyl (C=O) groups is 1. The zero-order chi connectivity index (χ0) is 11.6. The van der Waals surface area contributed by atoms with Crippen molar-refractivity contribution in [2.45, 2.75) is 0 Å². The van der Waals surface area contributed by atoms with E-state index in [-0.39, 0.29) is 5.56 Å². The molecule has 1 aromatic carbocycles. The lowest BCUT2D eigenvalue weighted by molar-refractivity contribution is 0.0697. The second-order valence-electron chi connectivity index (χ2n) is 2.57. The number of rotatable bonds is 3. The van der Waals surface area contributed by atoms with Crippen molar-refractivity contribution in [2.75, 3.05) is 10.5 Å². The molecule has 0 heterocycles. The first-order valence-electron chi connectivity index (χ1n) is 3.60. The number of nitrogen functional groups attached to an aromatic ring is 1. The Morgan fingerprint density at radius 2 is 2.20 bits per heavy atom. The van der Waals surface area contributed by atoms with Crippen LogP contribution in [0.15, 0.2) is 12.1 Å². The molecule has 1 unspecified atom stereocenters. The van der Waals surface area contributed by atoms with Crippen molar-refractivity contribution in [1.29, 1.82) is 0 Å². The second-order valence-corrected chi connectivity index (χ2v) is 3.24. The Labute approximate surface area is 86.3 Å². The van der Waals surface area contributed by atoms with Crippen LogP contribution < -0.4 is 10.5 Å². The molecule has 1 rings (SSSR count). The van der Waals surface area contributed by atoms with E-state index in [0.29, 0.717) is 0 Å². The van der Waals surface area contributed by atoms with Crippen molar-refractivity contribution < 1.29 is 23.1 Å². The average molecular weight is 233 g/mol. The first-order chi connectivity index (χ1) is 6.91. The molecule has 82 valence electrons. The van der Waals surface area contributed by atoms with Gasteiger partial charge >= 0.3 is 5.97 Å². The molecule has 6 nitrogen and oxygen atoms in total. The minimum absolute atomic E-state index is 0.304. The molecule has 0 bridgehead atoms. The van der Waals surface area contributed by atoms with Crippen molar-refractivity contribution in [3.63, 3.8) is 0 Å². The standard InChI is InChI=1S/C7H7FN2O4S/c8-6-4(9)1-3(7(11)12)2-5(6)10-15(13)14/h1-2,10H,9H2,(H,11,12)(H,13,14)/p-1. The number of nitrogens with one attached hydrogen (secondary N) is 1. The summed E-state index contributed by atoms with van der Waals surface area (Å²) in [5, 5.41) is 8.60. The molecule has 1 atom stereocenters. The molecule has 15 heavy (non-hydrogen) atoms. The minimum atomic E-state index is -2.75. The molecule has 0 aliphatic rings. The number of anilines is 2. The lowest BCUT2D eigenvalue weighted by Crippen LogP contribution is -2.08. The molecule has 0 radical (unpaired) electrons. The van der Waals surface area contributed by atoms with Crippen LogP contribution in [0, 0.1) is 5.82 Å². The molecule has 0 amide bonds. The van der Waals surface area contributed by atoms with E-state index in [1.165, 1.54) is 0 Å². The van der Waals surface area contributed by atoms with Gasteiger partial charge in [0.1, 0.15) is 0 Å². The van der Waals surface area contributed by atoms with Gasteiger partial charge in [0.2, 0.25) is 0 Å². The van der Waals surface area contributed by atoms with Gasteiger partial charge in [0.15, 0.2) is 5.82 Å². The number of aromatic carboxylic acids is 1. The fraction of sp³-hybridized carbons (Fsp3) is 0. The number of carboxylic acids is 1. The van der Waals surface area contributed by atoms with Crippen LogP contribution in [0.1, 0.15) is 10.4 Å². The van der Waals surface area contributed by atoms with Crippen LogP contribution in [-0.4, -0.2) is 19.8 Å². The van der Waals surface area contributed by atoms with Crippen LogP contribution in [0.5, 0.6) is 0 Å². The lowest BCUT2D eigenvalue weighted by atomic mass is 10.1. The van der Waals surface area contributed by atoms with Crippen LogP contribution in [0.25, 0.3) is 0 Å². The number of nitrogens with two attached hydrogens (primary N) is 1. The molecule has 0 saturated carbocycles. The summed E-state index contributed by atoms with van der Waals surface area (Å²) in [6.45, 7) is 0. The molecule has 4 N–H and O–H groups in total. The summed E-state index contributed by atoms with van der Waals surface area (Å²) in [7, 11) is 0. The lowest BCUT2D eigenvalue weighted by Gasteiger charge is -2.11. The van der Waals surface area contributed by atoms with Crippen LogP contribution >= 0.6 is 0 Å². The van der Waals surface area contributed by atoms with Gasteiger partial charge in [0.05, 0.1) is 16.9 Å². The smallest absolute Gasteiger partial charge is 0.335 e. The van der Waals surface area contributed by atoms with Crippen LogP contribution in [0.4, 0.5) is 15.8 Å². The van der Waals surface area contributed by atoms with Crippen molar-refractivity contribution >= 4 is 28.6 Å². The van der Waals surface area contributed by atoms with Gasteiger partial charge in [-0.15, -0.1) is 0 Å². The quantitative estimate of drug-likeness (QED) is 0.513. The number of benzene rings is 1. The van der Waals surface area contributed by atoms with Gasteiger partial charge in [0, 0.05) is 11.3 Å². The molecule has 0 aliphatic carbocycles. The Kier molecular flexibility index (Phi) is 3.22. The second kappa shape index (κ2) is 4.24. The van der Waals surface area contributed by atoms with Crippen molar-refractivity contribution in [1.82, 2.24) is 0 Å². The number of hydrogen-bond acceptors (Lipinski definition) is 4. The first-order valence-corrected chi connectivity index (χ1v) is 4.67. The molecular formula is C7H6FN2O4S-. The highest BCUT2D eigenvalue weighted by Crippen LogP contribution is 2.23. The highest BCUT2D eigenvalue weighted by atomic mass is 32.2. The van der Waals surface area contributed by atoms with E-state index in [1.54, 1.807) is 4.72 Å². The monoisotopic (exact) mass is 233 g/mol. The van der Waals surface area contributed by atoms with E-state index < -0.39 is 34.4 Å². The number of halogens is 1. The molecule has 0 fully saturated rings. The van der Waals surface area contributed by atoms with E-state index in [0.717, 1.165) is 12.1 Å². The third-order valence-corrected chi connectivity index (χ3v) is 1.93. The zero-order valence-corrected chi connectivity index (χ0v) is 8.01. The topological polar surface area (TPSA) is 115 Å². The first kappa shape index (κ1) is 11.4. The fourth-order valence-corrected chi connectivity index (χ4v) is 1.26.